The quantitative estimate of drug-likeness (QED) is 0.289. The molecule has 6 heteroatoms. The Hall–Kier alpha value is -3.80. The van der Waals surface area contributed by atoms with Crippen LogP contribution in [0.1, 0.15) is 15.9 Å². The summed E-state index contributed by atoms with van der Waals surface area (Å²) in [5.74, 6) is 1.30. The van der Waals surface area contributed by atoms with Gasteiger partial charge in [0.2, 0.25) is 0 Å². The summed E-state index contributed by atoms with van der Waals surface area (Å²) in [6.45, 7) is 0.113. The highest BCUT2D eigenvalue weighted by Gasteiger charge is 2.09. The van der Waals surface area contributed by atoms with Crippen LogP contribution in [0.25, 0.3) is 0 Å². The lowest BCUT2D eigenvalue weighted by molar-refractivity contribution is -0.146. The second-order valence-corrected chi connectivity index (χ2v) is 6.25. The summed E-state index contributed by atoms with van der Waals surface area (Å²) in [7, 11) is 1.59. The van der Waals surface area contributed by atoms with Gasteiger partial charge in [-0.2, -0.15) is 0 Å². The lowest BCUT2D eigenvalue weighted by atomic mass is 10.0. The fraction of sp³-hybridized carbons (Fsp3) is 0.167. The van der Waals surface area contributed by atoms with E-state index in [0.717, 1.165) is 5.75 Å². The van der Waals surface area contributed by atoms with Gasteiger partial charge in [-0.05, 0) is 48.5 Å². The second-order valence-electron chi connectivity index (χ2n) is 6.25. The van der Waals surface area contributed by atoms with Crippen LogP contribution in [0.5, 0.6) is 17.2 Å². The molecule has 30 heavy (non-hydrogen) atoms. The minimum atomic E-state index is -0.502. The van der Waals surface area contributed by atoms with Crippen LogP contribution in [0, 0.1) is 0 Å². The summed E-state index contributed by atoms with van der Waals surface area (Å²) in [5, 5.41) is 0. The van der Waals surface area contributed by atoms with E-state index in [1.54, 1.807) is 67.8 Å². The number of hydrogen-bond donors (Lipinski definition) is 0. The monoisotopic (exact) mass is 406 g/mol. The molecule has 0 aromatic heterocycles. The number of esters is 1. The standard InChI is InChI=1S/C24H22O6/c1-27-20-11-13-21(14-12-20)28-15-16-29-23(25)17-30-22-9-7-19(8-10-22)24(26)18-5-3-2-4-6-18/h2-14H,15-17H2,1H3. The molecule has 0 spiro atoms. The van der Waals surface area contributed by atoms with Crippen LogP contribution in [0.15, 0.2) is 78.9 Å². The van der Waals surface area contributed by atoms with E-state index >= 15 is 0 Å². The van der Waals surface area contributed by atoms with E-state index in [2.05, 4.69) is 0 Å². The normalized spacial score (nSPS) is 10.2. The summed E-state index contributed by atoms with van der Waals surface area (Å²) in [5.41, 5.74) is 1.17. The highest BCUT2D eigenvalue weighted by atomic mass is 16.6. The van der Waals surface area contributed by atoms with Crippen molar-refractivity contribution in [2.75, 3.05) is 26.9 Å². The highest BCUT2D eigenvalue weighted by Crippen LogP contribution is 2.17. The van der Waals surface area contributed by atoms with Gasteiger partial charge in [0.15, 0.2) is 12.4 Å². The number of rotatable bonds is 10. The van der Waals surface area contributed by atoms with Gasteiger partial charge < -0.3 is 18.9 Å². The highest BCUT2D eigenvalue weighted by molar-refractivity contribution is 6.08. The lowest BCUT2D eigenvalue weighted by Gasteiger charge is -2.09. The molecule has 3 aromatic rings. The third-order valence-electron chi connectivity index (χ3n) is 4.18. The Morgan fingerprint density at radius 3 is 1.90 bits per heavy atom. The molecule has 3 rings (SSSR count). The Bertz CT molecular complexity index is 949. The van der Waals surface area contributed by atoms with E-state index in [0.29, 0.717) is 22.6 Å². The van der Waals surface area contributed by atoms with Crippen molar-refractivity contribution in [3.63, 3.8) is 0 Å². The Kier molecular flexibility index (Phi) is 7.44. The van der Waals surface area contributed by atoms with Gasteiger partial charge in [-0.1, -0.05) is 30.3 Å². The first kappa shape index (κ1) is 20.9. The number of carbonyl (C=O) groups excluding carboxylic acids is 2. The van der Waals surface area contributed by atoms with Gasteiger partial charge in [-0.3, -0.25) is 4.79 Å². The zero-order valence-electron chi connectivity index (χ0n) is 16.6. The molecule has 0 N–H and O–H groups in total. The van der Waals surface area contributed by atoms with E-state index in [4.69, 9.17) is 18.9 Å². The fourth-order valence-corrected chi connectivity index (χ4v) is 2.63. The topological polar surface area (TPSA) is 71.1 Å². The van der Waals surface area contributed by atoms with Crippen LogP contribution in [0.2, 0.25) is 0 Å². The first-order valence-electron chi connectivity index (χ1n) is 9.41. The van der Waals surface area contributed by atoms with Crippen LogP contribution in [-0.2, 0) is 9.53 Å². The van der Waals surface area contributed by atoms with Crippen LogP contribution in [0.4, 0.5) is 0 Å². The van der Waals surface area contributed by atoms with Crippen molar-refractivity contribution in [1.82, 2.24) is 0 Å². The van der Waals surface area contributed by atoms with Gasteiger partial charge in [0.05, 0.1) is 7.11 Å². The maximum Gasteiger partial charge on any atom is 0.344 e. The molecule has 0 saturated carbocycles. The van der Waals surface area contributed by atoms with Crippen molar-refractivity contribution in [3.05, 3.63) is 90.0 Å². The summed E-state index contributed by atoms with van der Waals surface area (Å²) < 4.78 is 21.0. The average molecular weight is 406 g/mol. The van der Waals surface area contributed by atoms with E-state index < -0.39 is 5.97 Å². The van der Waals surface area contributed by atoms with E-state index in [9.17, 15) is 9.59 Å². The van der Waals surface area contributed by atoms with Gasteiger partial charge in [-0.25, -0.2) is 4.79 Å². The number of ketones is 1. The SMILES string of the molecule is COc1ccc(OCCOC(=O)COc2ccc(C(=O)c3ccccc3)cc2)cc1. The van der Waals surface area contributed by atoms with Crippen molar-refractivity contribution in [3.8, 4) is 17.2 Å². The summed E-state index contributed by atoms with van der Waals surface area (Å²) in [4.78, 5) is 24.2. The second kappa shape index (κ2) is 10.7. The van der Waals surface area contributed by atoms with Gasteiger partial charge in [0, 0.05) is 11.1 Å². The van der Waals surface area contributed by atoms with Gasteiger partial charge in [0.25, 0.3) is 0 Å². The largest absolute Gasteiger partial charge is 0.497 e. The first-order chi connectivity index (χ1) is 14.7. The average Bonchev–Trinajstić information content (AvgIpc) is 2.81. The van der Waals surface area contributed by atoms with Gasteiger partial charge >= 0.3 is 5.97 Å². The van der Waals surface area contributed by atoms with Crippen LogP contribution >= 0.6 is 0 Å². The van der Waals surface area contributed by atoms with Crippen molar-refractivity contribution in [2.45, 2.75) is 0 Å². The summed E-state index contributed by atoms with van der Waals surface area (Å²) in [6.07, 6.45) is 0. The Balaban J connectivity index is 1.37. The van der Waals surface area contributed by atoms with E-state index in [-0.39, 0.29) is 25.6 Å². The maximum atomic E-state index is 12.4. The molecule has 154 valence electrons. The van der Waals surface area contributed by atoms with Crippen LogP contribution in [0.3, 0.4) is 0 Å². The molecule has 0 saturated heterocycles. The van der Waals surface area contributed by atoms with Gasteiger partial charge in [0.1, 0.15) is 30.5 Å². The smallest absolute Gasteiger partial charge is 0.344 e. The number of benzene rings is 3. The molecular weight excluding hydrogens is 384 g/mol. The maximum absolute atomic E-state index is 12.4. The third kappa shape index (κ3) is 6.10. The van der Waals surface area contributed by atoms with E-state index in [1.807, 2.05) is 18.2 Å². The molecule has 0 aliphatic rings. The summed E-state index contributed by atoms with van der Waals surface area (Å²) in [6, 6.07) is 22.8. The number of hydrogen-bond acceptors (Lipinski definition) is 6. The van der Waals surface area contributed by atoms with Crippen molar-refractivity contribution in [1.29, 1.82) is 0 Å². The number of carbonyl (C=O) groups is 2. The predicted molar refractivity (Wildman–Crippen MR) is 111 cm³/mol. The molecule has 0 aliphatic heterocycles. The molecule has 3 aromatic carbocycles. The predicted octanol–water partition coefficient (Wildman–Crippen LogP) is 3.93. The first-order valence-corrected chi connectivity index (χ1v) is 9.41. The molecule has 6 nitrogen and oxygen atoms in total. The fourth-order valence-electron chi connectivity index (χ4n) is 2.63. The molecule has 0 aliphatic carbocycles. The Labute approximate surface area is 175 Å². The number of methoxy groups -OCH3 is 1. The van der Waals surface area contributed by atoms with Crippen molar-refractivity contribution in [2.24, 2.45) is 0 Å². The molecule has 0 radical (unpaired) electrons. The zero-order chi connectivity index (χ0) is 21.2. The van der Waals surface area contributed by atoms with Crippen LogP contribution < -0.4 is 14.2 Å². The third-order valence-corrected chi connectivity index (χ3v) is 4.18. The Morgan fingerprint density at radius 2 is 1.23 bits per heavy atom. The van der Waals surface area contributed by atoms with Crippen LogP contribution in [-0.4, -0.2) is 38.7 Å². The molecule has 0 amide bonds. The minimum absolute atomic E-state index is 0.0709. The molecule has 0 unspecified atom stereocenters. The summed E-state index contributed by atoms with van der Waals surface area (Å²) >= 11 is 0. The van der Waals surface area contributed by atoms with Crippen molar-refractivity contribution < 1.29 is 28.5 Å². The zero-order valence-corrected chi connectivity index (χ0v) is 16.6. The van der Waals surface area contributed by atoms with Crippen molar-refractivity contribution >= 4 is 11.8 Å². The molecular formula is C24H22O6. The molecule has 0 heterocycles. The lowest BCUT2D eigenvalue weighted by Crippen LogP contribution is -2.18. The molecule has 0 atom stereocenters. The van der Waals surface area contributed by atoms with Gasteiger partial charge in [-0.15, -0.1) is 0 Å². The molecule has 0 bridgehead atoms. The van der Waals surface area contributed by atoms with E-state index in [1.165, 1.54) is 0 Å². The Morgan fingerprint density at radius 1 is 0.667 bits per heavy atom. The molecule has 0 fully saturated rings. The minimum Gasteiger partial charge on any atom is -0.497 e. The number of ether oxygens (including phenoxy) is 4.